The first-order valence-electron chi connectivity index (χ1n) is 6.46. The summed E-state index contributed by atoms with van der Waals surface area (Å²) in [7, 11) is 1.70. The molecule has 5 nitrogen and oxygen atoms in total. The largest absolute Gasteiger partial charge is 0.384 e. The van der Waals surface area contributed by atoms with Crippen molar-refractivity contribution in [2.75, 3.05) is 32.2 Å². The van der Waals surface area contributed by atoms with Crippen molar-refractivity contribution in [2.45, 2.75) is 32.8 Å². The minimum absolute atomic E-state index is 0.209. The minimum atomic E-state index is 0.209. The van der Waals surface area contributed by atoms with Crippen molar-refractivity contribution >= 4 is 5.82 Å². The first-order valence-corrected chi connectivity index (χ1v) is 6.46. The summed E-state index contributed by atoms with van der Waals surface area (Å²) in [6.07, 6.45) is 0.864. The monoisotopic (exact) mass is 251 g/mol. The number of aromatic nitrogens is 2. The van der Waals surface area contributed by atoms with Crippen LogP contribution in [-0.2, 0) is 22.5 Å². The van der Waals surface area contributed by atoms with Crippen molar-refractivity contribution in [3.63, 3.8) is 0 Å². The van der Waals surface area contributed by atoms with E-state index >= 15 is 0 Å². The van der Waals surface area contributed by atoms with Gasteiger partial charge in [-0.3, -0.25) is 0 Å². The van der Waals surface area contributed by atoms with Crippen molar-refractivity contribution in [1.82, 2.24) is 9.97 Å². The molecule has 100 valence electrons. The number of hydrogen-bond acceptors (Lipinski definition) is 5. The summed E-state index contributed by atoms with van der Waals surface area (Å²) in [6, 6.07) is 0. The molecule has 0 aliphatic carbocycles. The van der Waals surface area contributed by atoms with Crippen molar-refractivity contribution in [3.05, 3.63) is 17.1 Å². The Morgan fingerprint density at radius 3 is 3.00 bits per heavy atom. The molecule has 0 amide bonds. The van der Waals surface area contributed by atoms with E-state index in [2.05, 4.69) is 29.1 Å². The molecule has 0 saturated carbocycles. The van der Waals surface area contributed by atoms with Crippen molar-refractivity contribution in [1.29, 1.82) is 0 Å². The van der Waals surface area contributed by atoms with Crippen LogP contribution in [0.4, 0.5) is 5.82 Å². The SMILES string of the molecule is CCNc1nc(C(C)COC)nc2c1COCC2. The molecule has 1 aliphatic rings. The second-order valence-corrected chi connectivity index (χ2v) is 4.54. The van der Waals surface area contributed by atoms with E-state index in [9.17, 15) is 0 Å². The maximum Gasteiger partial charge on any atom is 0.136 e. The summed E-state index contributed by atoms with van der Waals surface area (Å²) in [4.78, 5) is 9.28. The van der Waals surface area contributed by atoms with E-state index in [1.165, 1.54) is 0 Å². The molecule has 2 heterocycles. The number of hydrogen-bond donors (Lipinski definition) is 1. The Balaban J connectivity index is 2.34. The summed E-state index contributed by atoms with van der Waals surface area (Å²) in [5, 5.41) is 3.30. The zero-order valence-corrected chi connectivity index (χ0v) is 11.3. The molecule has 0 radical (unpaired) electrons. The van der Waals surface area contributed by atoms with Crippen molar-refractivity contribution in [3.8, 4) is 0 Å². The molecule has 0 bridgehead atoms. The number of rotatable bonds is 5. The second-order valence-electron chi connectivity index (χ2n) is 4.54. The molecular formula is C13H21N3O2. The molecule has 1 N–H and O–H groups in total. The summed E-state index contributed by atoms with van der Waals surface area (Å²) >= 11 is 0. The zero-order chi connectivity index (χ0) is 13.0. The molecule has 1 aromatic heterocycles. The Morgan fingerprint density at radius 1 is 1.44 bits per heavy atom. The van der Waals surface area contributed by atoms with Crippen LogP contribution in [-0.4, -0.2) is 36.8 Å². The van der Waals surface area contributed by atoms with Crippen LogP contribution in [0, 0.1) is 0 Å². The van der Waals surface area contributed by atoms with Crippen LogP contribution in [0.1, 0.15) is 36.8 Å². The quantitative estimate of drug-likeness (QED) is 0.863. The Bertz CT molecular complexity index is 409. The van der Waals surface area contributed by atoms with Gasteiger partial charge >= 0.3 is 0 Å². The fraction of sp³-hybridized carbons (Fsp3) is 0.692. The van der Waals surface area contributed by atoms with Crippen LogP contribution in [0.3, 0.4) is 0 Å². The van der Waals surface area contributed by atoms with Gasteiger partial charge in [-0.05, 0) is 6.92 Å². The van der Waals surface area contributed by atoms with Gasteiger partial charge in [-0.2, -0.15) is 0 Å². The highest BCUT2D eigenvalue weighted by Gasteiger charge is 2.20. The van der Waals surface area contributed by atoms with Gasteiger partial charge in [0.05, 0.1) is 25.5 Å². The topological polar surface area (TPSA) is 56.3 Å². The van der Waals surface area contributed by atoms with Gasteiger partial charge in [0.2, 0.25) is 0 Å². The average molecular weight is 251 g/mol. The molecule has 0 fully saturated rings. The van der Waals surface area contributed by atoms with E-state index in [0.717, 1.165) is 42.5 Å². The van der Waals surface area contributed by atoms with Gasteiger partial charge < -0.3 is 14.8 Å². The highest BCUT2D eigenvalue weighted by atomic mass is 16.5. The van der Waals surface area contributed by atoms with Crippen LogP contribution in [0.2, 0.25) is 0 Å². The van der Waals surface area contributed by atoms with Gasteiger partial charge in [0.1, 0.15) is 11.6 Å². The normalized spacial score (nSPS) is 16.2. The number of anilines is 1. The number of nitrogens with zero attached hydrogens (tertiary/aromatic N) is 2. The fourth-order valence-electron chi connectivity index (χ4n) is 2.11. The smallest absolute Gasteiger partial charge is 0.136 e. The van der Waals surface area contributed by atoms with Gasteiger partial charge in [-0.25, -0.2) is 9.97 Å². The van der Waals surface area contributed by atoms with Crippen LogP contribution >= 0.6 is 0 Å². The molecular weight excluding hydrogens is 230 g/mol. The molecule has 0 aromatic carbocycles. The summed E-state index contributed by atoms with van der Waals surface area (Å²) in [5.74, 6) is 1.98. The van der Waals surface area contributed by atoms with Gasteiger partial charge in [-0.15, -0.1) is 0 Å². The molecule has 1 atom stereocenters. The lowest BCUT2D eigenvalue weighted by atomic mass is 10.1. The second kappa shape index (κ2) is 6.11. The van der Waals surface area contributed by atoms with E-state index in [0.29, 0.717) is 13.2 Å². The van der Waals surface area contributed by atoms with E-state index in [1.54, 1.807) is 7.11 Å². The Labute approximate surface area is 108 Å². The van der Waals surface area contributed by atoms with Crippen LogP contribution in [0.25, 0.3) is 0 Å². The van der Waals surface area contributed by atoms with Crippen molar-refractivity contribution in [2.24, 2.45) is 0 Å². The standard InChI is InChI=1S/C13H21N3O2/c1-4-14-13-10-8-18-6-5-11(10)15-12(16-13)9(2)7-17-3/h9H,4-8H2,1-3H3,(H,14,15,16). The first-order chi connectivity index (χ1) is 8.76. The lowest BCUT2D eigenvalue weighted by Gasteiger charge is -2.21. The van der Waals surface area contributed by atoms with Gasteiger partial charge in [0.25, 0.3) is 0 Å². The lowest BCUT2D eigenvalue weighted by Crippen LogP contribution is -2.19. The van der Waals surface area contributed by atoms with E-state index < -0.39 is 0 Å². The molecule has 1 aliphatic heterocycles. The van der Waals surface area contributed by atoms with Crippen LogP contribution in [0.5, 0.6) is 0 Å². The molecule has 2 rings (SSSR count). The number of nitrogens with one attached hydrogen (secondary N) is 1. The van der Waals surface area contributed by atoms with E-state index in [4.69, 9.17) is 9.47 Å². The molecule has 5 heteroatoms. The Morgan fingerprint density at radius 2 is 2.28 bits per heavy atom. The first kappa shape index (κ1) is 13.2. The molecule has 0 saturated heterocycles. The number of ether oxygens (including phenoxy) is 2. The third kappa shape index (κ3) is 2.79. The molecule has 1 unspecified atom stereocenters. The fourth-order valence-corrected chi connectivity index (χ4v) is 2.11. The predicted molar refractivity (Wildman–Crippen MR) is 69.8 cm³/mol. The highest BCUT2D eigenvalue weighted by Crippen LogP contribution is 2.24. The van der Waals surface area contributed by atoms with Crippen molar-refractivity contribution < 1.29 is 9.47 Å². The molecule has 1 aromatic rings. The van der Waals surface area contributed by atoms with Crippen LogP contribution in [0.15, 0.2) is 0 Å². The Kier molecular flexibility index (Phi) is 4.49. The van der Waals surface area contributed by atoms with Gasteiger partial charge in [0, 0.05) is 31.6 Å². The summed E-state index contributed by atoms with van der Waals surface area (Å²) in [5.41, 5.74) is 2.22. The summed E-state index contributed by atoms with van der Waals surface area (Å²) in [6.45, 7) is 6.99. The van der Waals surface area contributed by atoms with Gasteiger partial charge in [-0.1, -0.05) is 6.92 Å². The highest BCUT2D eigenvalue weighted by molar-refractivity contribution is 5.47. The molecule has 18 heavy (non-hydrogen) atoms. The van der Waals surface area contributed by atoms with E-state index in [1.807, 2.05) is 0 Å². The third-order valence-corrected chi connectivity index (χ3v) is 3.04. The lowest BCUT2D eigenvalue weighted by molar-refractivity contribution is 0.109. The average Bonchev–Trinajstić information content (AvgIpc) is 2.39. The number of fused-ring (bicyclic) bond motifs is 1. The number of methoxy groups -OCH3 is 1. The Hall–Kier alpha value is -1.20. The zero-order valence-electron chi connectivity index (χ0n) is 11.3. The maximum absolute atomic E-state index is 5.49. The summed E-state index contributed by atoms with van der Waals surface area (Å²) < 4.78 is 10.7. The third-order valence-electron chi connectivity index (χ3n) is 3.04. The van der Waals surface area contributed by atoms with Crippen LogP contribution < -0.4 is 5.32 Å². The predicted octanol–water partition coefficient (Wildman–Crippen LogP) is 1.73. The van der Waals surface area contributed by atoms with Gasteiger partial charge in [0.15, 0.2) is 0 Å². The molecule has 0 spiro atoms. The minimum Gasteiger partial charge on any atom is -0.384 e. The van der Waals surface area contributed by atoms with E-state index in [-0.39, 0.29) is 5.92 Å². The maximum atomic E-state index is 5.49.